The third-order valence-electron chi connectivity index (χ3n) is 1.34. The molecule has 1 aromatic rings. The van der Waals surface area contributed by atoms with Gasteiger partial charge in [0.25, 0.3) is 5.76 Å². The first kappa shape index (κ1) is 10.6. The molecule has 0 saturated heterocycles. The molecule has 1 nitrogen and oxygen atoms in total. The molecule has 1 aromatic carbocycles. The Morgan fingerprint density at radius 1 is 1.46 bits per heavy atom. The Labute approximate surface area is 84.0 Å². The van der Waals surface area contributed by atoms with Gasteiger partial charge in [0, 0.05) is 5.02 Å². The van der Waals surface area contributed by atoms with Gasteiger partial charge in [-0.3, -0.25) is 0 Å². The summed E-state index contributed by atoms with van der Waals surface area (Å²) >= 11 is 6.06. The van der Waals surface area contributed by atoms with E-state index in [9.17, 15) is 8.78 Å². The molecule has 0 spiro atoms. The molecular weight excluding hydrogens is 218 g/mol. The maximum Gasteiger partial charge on any atom is 0.289 e. The van der Waals surface area contributed by atoms with Crippen LogP contribution in [0.15, 0.2) is 23.1 Å². The van der Waals surface area contributed by atoms with Crippen molar-refractivity contribution in [2.75, 3.05) is 7.11 Å². The lowest BCUT2D eigenvalue weighted by molar-refractivity contribution is 0.251. The summed E-state index contributed by atoms with van der Waals surface area (Å²) in [5.74, 6) is -2.05. The van der Waals surface area contributed by atoms with Crippen LogP contribution < -0.4 is 4.74 Å². The minimum Gasteiger partial charge on any atom is -0.496 e. The maximum atomic E-state index is 12.0. The maximum absolute atomic E-state index is 12.0. The normalized spacial score (nSPS) is 10.5. The van der Waals surface area contributed by atoms with Crippen LogP contribution in [0.2, 0.25) is 5.02 Å². The summed E-state index contributed by atoms with van der Waals surface area (Å²) in [7, 11) is 1.43. The zero-order chi connectivity index (χ0) is 9.84. The molecule has 0 fully saturated rings. The average molecular weight is 225 g/mol. The van der Waals surface area contributed by atoms with Gasteiger partial charge in [-0.05, 0) is 18.2 Å². The van der Waals surface area contributed by atoms with Crippen LogP contribution in [0.3, 0.4) is 0 Å². The van der Waals surface area contributed by atoms with E-state index in [2.05, 4.69) is 0 Å². The first-order chi connectivity index (χ1) is 6.13. The van der Waals surface area contributed by atoms with E-state index in [1.165, 1.54) is 13.2 Å². The highest BCUT2D eigenvalue weighted by molar-refractivity contribution is 7.99. The van der Waals surface area contributed by atoms with Crippen LogP contribution in [0.4, 0.5) is 8.78 Å². The highest BCUT2D eigenvalue weighted by atomic mass is 35.5. The monoisotopic (exact) mass is 224 g/mol. The number of thioether (sulfide) groups is 1. The molecule has 0 saturated carbocycles. The summed E-state index contributed by atoms with van der Waals surface area (Å²) in [4.78, 5) is 0.352. The quantitative estimate of drug-likeness (QED) is 0.725. The van der Waals surface area contributed by atoms with Gasteiger partial charge >= 0.3 is 0 Å². The van der Waals surface area contributed by atoms with Gasteiger partial charge in [0.1, 0.15) is 5.75 Å². The Balaban J connectivity index is 2.94. The van der Waals surface area contributed by atoms with Crippen molar-refractivity contribution < 1.29 is 13.5 Å². The molecule has 0 aliphatic rings. The van der Waals surface area contributed by atoms with Crippen LogP contribution in [-0.2, 0) is 0 Å². The van der Waals surface area contributed by atoms with Crippen LogP contribution in [0.5, 0.6) is 5.75 Å². The zero-order valence-corrected chi connectivity index (χ0v) is 8.33. The third kappa shape index (κ3) is 3.04. The molecule has 0 heterocycles. The third-order valence-corrected chi connectivity index (χ3v) is 2.33. The molecule has 5 heteroatoms. The van der Waals surface area contributed by atoms with Gasteiger partial charge in [-0.15, -0.1) is 0 Å². The van der Waals surface area contributed by atoms with Crippen LogP contribution >= 0.6 is 23.4 Å². The predicted octanol–water partition coefficient (Wildman–Crippen LogP) is 3.66. The Bertz CT molecular complexity index is 293. The second kappa shape index (κ2) is 4.67. The first-order valence-electron chi connectivity index (χ1n) is 3.42. The molecule has 0 amide bonds. The van der Waals surface area contributed by atoms with Crippen LogP contribution in [-0.4, -0.2) is 12.9 Å². The van der Waals surface area contributed by atoms with E-state index in [-0.39, 0.29) is 0 Å². The number of halogens is 3. The molecule has 0 radical (unpaired) electrons. The molecule has 72 valence electrons. The van der Waals surface area contributed by atoms with E-state index in [1.807, 2.05) is 0 Å². The minimum absolute atomic E-state index is 0.352. The van der Waals surface area contributed by atoms with Crippen LogP contribution in [0, 0.1) is 0 Å². The fraction of sp³-hybridized carbons (Fsp3) is 0.250. The predicted molar refractivity (Wildman–Crippen MR) is 49.9 cm³/mol. The number of hydrogen-bond donors (Lipinski definition) is 0. The summed E-state index contributed by atoms with van der Waals surface area (Å²) in [5.41, 5.74) is 0. The van der Waals surface area contributed by atoms with Crippen molar-refractivity contribution in [3.8, 4) is 5.75 Å². The van der Waals surface area contributed by atoms with Crippen molar-refractivity contribution in [2.24, 2.45) is 0 Å². The molecule has 0 aliphatic carbocycles. The van der Waals surface area contributed by atoms with E-state index >= 15 is 0 Å². The fourth-order valence-corrected chi connectivity index (χ4v) is 1.73. The first-order valence-corrected chi connectivity index (χ1v) is 4.67. The van der Waals surface area contributed by atoms with Crippen LogP contribution in [0.25, 0.3) is 0 Å². The van der Waals surface area contributed by atoms with E-state index < -0.39 is 5.76 Å². The lowest BCUT2D eigenvalue weighted by Gasteiger charge is -2.07. The topological polar surface area (TPSA) is 9.23 Å². The molecule has 0 bridgehead atoms. The molecule has 1 rings (SSSR count). The largest absolute Gasteiger partial charge is 0.496 e. The molecule has 0 aromatic heterocycles. The Kier molecular flexibility index (Phi) is 3.81. The lowest BCUT2D eigenvalue weighted by atomic mass is 10.3. The number of methoxy groups -OCH3 is 1. The van der Waals surface area contributed by atoms with E-state index in [1.54, 1.807) is 12.1 Å². The van der Waals surface area contributed by atoms with Crippen molar-refractivity contribution in [1.29, 1.82) is 0 Å². The number of benzene rings is 1. The molecular formula is C8H7ClF2OS. The molecule has 13 heavy (non-hydrogen) atoms. The number of alkyl halides is 2. The summed E-state index contributed by atoms with van der Waals surface area (Å²) in [6.45, 7) is 0. The van der Waals surface area contributed by atoms with Gasteiger partial charge in [0.2, 0.25) is 0 Å². The second-order valence-electron chi connectivity index (χ2n) is 2.17. The summed E-state index contributed by atoms with van der Waals surface area (Å²) in [6, 6.07) is 4.61. The summed E-state index contributed by atoms with van der Waals surface area (Å²) in [5, 5.41) is 0.420. The second-order valence-corrected chi connectivity index (χ2v) is 3.64. The smallest absolute Gasteiger partial charge is 0.289 e. The summed E-state index contributed by atoms with van der Waals surface area (Å²) < 4.78 is 29.0. The van der Waals surface area contributed by atoms with E-state index in [4.69, 9.17) is 16.3 Å². The van der Waals surface area contributed by atoms with Crippen molar-refractivity contribution in [3.63, 3.8) is 0 Å². The lowest BCUT2D eigenvalue weighted by Crippen LogP contribution is -1.88. The van der Waals surface area contributed by atoms with Crippen molar-refractivity contribution in [3.05, 3.63) is 23.2 Å². The average Bonchev–Trinajstić information content (AvgIpc) is 2.03. The van der Waals surface area contributed by atoms with E-state index in [0.717, 1.165) is 0 Å². The molecule has 0 atom stereocenters. The number of ether oxygens (including phenoxy) is 1. The van der Waals surface area contributed by atoms with Crippen molar-refractivity contribution in [2.45, 2.75) is 10.7 Å². The van der Waals surface area contributed by atoms with Crippen molar-refractivity contribution >= 4 is 23.4 Å². The van der Waals surface area contributed by atoms with Gasteiger partial charge in [0.05, 0.1) is 12.0 Å². The van der Waals surface area contributed by atoms with Gasteiger partial charge in [-0.1, -0.05) is 23.4 Å². The minimum atomic E-state index is -2.47. The fourth-order valence-electron chi connectivity index (χ4n) is 0.839. The SMILES string of the molecule is COc1ccc(Cl)cc1SC(F)F. The summed E-state index contributed by atoms with van der Waals surface area (Å²) in [6.07, 6.45) is 0. The molecule has 0 N–H and O–H groups in total. The van der Waals surface area contributed by atoms with Crippen LogP contribution in [0.1, 0.15) is 0 Å². The highest BCUT2D eigenvalue weighted by Gasteiger charge is 2.10. The Hall–Kier alpha value is -0.480. The zero-order valence-electron chi connectivity index (χ0n) is 6.76. The Morgan fingerprint density at radius 3 is 2.69 bits per heavy atom. The molecule has 0 unspecified atom stereocenters. The van der Waals surface area contributed by atoms with Gasteiger partial charge in [0.15, 0.2) is 0 Å². The van der Waals surface area contributed by atoms with Gasteiger partial charge in [-0.2, -0.15) is 8.78 Å². The van der Waals surface area contributed by atoms with Crippen molar-refractivity contribution in [1.82, 2.24) is 0 Å². The highest BCUT2D eigenvalue weighted by Crippen LogP contribution is 2.35. The Morgan fingerprint density at radius 2 is 2.15 bits per heavy atom. The number of rotatable bonds is 3. The van der Waals surface area contributed by atoms with Gasteiger partial charge in [-0.25, -0.2) is 0 Å². The molecule has 0 aliphatic heterocycles. The standard InChI is InChI=1S/C8H7ClF2OS/c1-12-6-3-2-5(9)4-7(6)13-8(10)11/h2-4,8H,1H3. The van der Waals surface area contributed by atoms with E-state index in [0.29, 0.717) is 27.4 Å². The van der Waals surface area contributed by atoms with Gasteiger partial charge < -0.3 is 4.74 Å². The number of hydrogen-bond acceptors (Lipinski definition) is 2.